The van der Waals surface area contributed by atoms with Crippen LogP contribution < -0.4 is 10.6 Å². The highest BCUT2D eigenvalue weighted by Gasteiger charge is 2.36. The van der Waals surface area contributed by atoms with Gasteiger partial charge in [0.1, 0.15) is 0 Å². The van der Waals surface area contributed by atoms with Crippen molar-refractivity contribution in [1.82, 2.24) is 5.43 Å². The topological polar surface area (TPSA) is 58.6 Å². The number of nitrogens with zero attached hydrogens (tertiary/aromatic N) is 1. The van der Waals surface area contributed by atoms with Crippen LogP contribution in [0.15, 0.2) is 60.7 Å². The van der Waals surface area contributed by atoms with E-state index in [9.17, 15) is 9.59 Å². The Morgan fingerprint density at radius 3 is 2.15 bits per heavy atom. The van der Waals surface area contributed by atoms with Gasteiger partial charge in [-0.05, 0) is 17.7 Å². The van der Waals surface area contributed by atoms with Crippen LogP contribution in [0, 0.1) is 0 Å². The molecule has 3 rings (SSSR count). The van der Waals surface area contributed by atoms with Gasteiger partial charge in [-0.25, -0.2) is 10.3 Å². The van der Waals surface area contributed by atoms with Gasteiger partial charge in [-0.3, -0.25) is 9.59 Å². The molecular formula is C15H12N2O3. The van der Waals surface area contributed by atoms with Gasteiger partial charge in [-0.15, -0.1) is 0 Å². The average Bonchev–Trinajstić information content (AvgIpc) is 2.51. The first-order chi connectivity index (χ1) is 9.75. The van der Waals surface area contributed by atoms with Crippen molar-refractivity contribution in [3.63, 3.8) is 0 Å². The Morgan fingerprint density at radius 1 is 0.900 bits per heavy atom. The second-order valence-electron chi connectivity index (χ2n) is 4.33. The number of nitrogens with one attached hydrogen (secondary N) is 1. The van der Waals surface area contributed by atoms with Crippen LogP contribution in [-0.4, -0.2) is 11.7 Å². The number of hydrogen-bond donors (Lipinski definition) is 1. The first-order valence-corrected chi connectivity index (χ1v) is 6.17. The van der Waals surface area contributed by atoms with Crippen molar-refractivity contribution in [2.75, 3.05) is 5.17 Å². The van der Waals surface area contributed by atoms with Crippen LogP contribution in [0.25, 0.3) is 0 Å². The monoisotopic (exact) mass is 268 g/mol. The summed E-state index contributed by atoms with van der Waals surface area (Å²) in [6, 6.07) is 18.0. The number of ketones is 1. The lowest BCUT2D eigenvalue weighted by molar-refractivity contribution is -0.155. The molecule has 0 bridgehead atoms. The molecule has 1 saturated heterocycles. The van der Waals surface area contributed by atoms with Crippen LogP contribution >= 0.6 is 0 Å². The third kappa shape index (κ3) is 2.26. The molecule has 1 heterocycles. The number of carbonyl (C=O) groups is 2. The molecule has 0 aromatic heterocycles. The maximum atomic E-state index is 11.9. The van der Waals surface area contributed by atoms with E-state index in [-0.39, 0.29) is 0 Å². The lowest BCUT2D eigenvalue weighted by Crippen LogP contribution is -2.53. The van der Waals surface area contributed by atoms with Gasteiger partial charge in [-0.1, -0.05) is 48.5 Å². The van der Waals surface area contributed by atoms with E-state index >= 15 is 0 Å². The molecule has 0 saturated carbocycles. The highest BCUT2D eigenvalue weighted by Crippen LogP contribution is 2.25. The smallest absolute Gasteiger partial charge is 0.285 e. The van der Waals surface area contributed by atoms with Crippen molar-refractivity contribution in [3.05, 3.63) is 66.2 Å². The van der Waals surface area contributed by atoms with E-state index in [1.165, 1.54) is 5.17 Å². The van der Waals surface area contributed by atoms with E-state index in [1.807, 2.05) is 24.3 Å². The minimum atomic E-state index is -0.926. The van der Waals surface area contributed by atoms with Crippen molar-refractivity contribution in [2.24, 2.45) is 0 Å². The average molecular weight is 268 g/mol. The minimum absolute atomic E-state index is 0.608. The molecule has 0 aliphatic carbocycles. The van der Waals surface area contributed by atoms with E-state index in [2.05, 4.69) is 5.43 Å². The molecule has 1 aliphatic rings. The van der Waals surface area contributed by atoms with Crippen LogP contribution in [0.4, 0.5) is 5.69 Å². The van der Waals surface area contributed by atoms with E-state index in [1.54, 1.807) is 36.4 Å². The van der Waals surface area contributed by atoms with Crippen molar-refractivity contribution in [3.8, 4) is 0 Å². The first kappa shape index (κ1) is 12.4. The third-order valence-electron chi connectivity index (χ3n) is 2.97. The molecule has 1 fully saturated rings. The Labute approximate surface area is 115 Å². The molecule has 5 nitrogen and oxygen atoms in total. The third-order valence-corrected chi connectivity index (χ3v) is 2.97. The fourth-order valence-corrected chi connectivity index (χ4v) is 1.97. The molecule has 1 aliphatic heterocycles. The maximum Gasteiger partial charge on any atom is 0.311 e. The van der Waals surface area contributed by atoms with Gasteiger partial charge in [0.25, 0.3) is 5.78 Å². The summed E-state index contributed by atoms with van der Waals surface area (Å²) in [6.45, 7) is 0. The quantitative estimate of drug-likeness (QED) is 0.843. The molecule has 2 aromatic carbocycles. The van der Waals surface area contributed by atoms with Crippen LogP contribution in [0.1, 0.15) is 11.7 Å². The van der Waals surface area contributed by atoms with Crippen LogP contribution in [-0.2, 0) is 14.4 Å². The lowest BCUT2D eigenvalue weighted by atomic mass is 10.1. The largest absolute Gasteiger partial charge is 0.311 e. The summed E-state index contributed by atoms with van der Waals surface area (Å²) >= 11 is 0. The molecule has 100 valence electrons. The normalized spacial score (nSPS) is 18.8. The summed E-state index contributed by atoms with van der Waals surface area (Å²) in [5.74, 6) is -1.29. The van der Waals surface area contributed by atoms with Crippen molar-refractivity contribution in [2.45, 2.75) is 6.10 Å². The Hall–Kier alpha value is -2.66. The van der Waals surface area contributed by atoms with Crippen LogP contribution in [0.5, 0.6) is 0 Å². The Balaban J connectivity index is 1.91. The zero-order valence-electron chi connectivity index (χ0n) is 10.5. The molecule has 1 N–H and O–H groups in total. The Bertz CT molecular complexity index is 628. The fourth-order valence-electron chi connectivity index (χ4n) is 1.97. The first-order valence-electron chi connectivity index (χ1n) is 6.17. The summed E-state index contributed by atoms with van der Waals surface area (Å²) in [7, 11) is 0. The molecule has 2 aromatic rings. The van der Waals surface area contributed by atoms with Gasteiger partial charge in [0.15, 0.2) is 6.10 Å². The number of carbonyl (C=O) groups excluding carboxylic acids is 2. The summed E-state index contributed by atoms with van der Waals surface area (Å²) in [5.41, 5.74) is 3.70. The van der Waals surface area contributed by atoms with Crippen molar-refractivity contribution in [1.29, 1.82) is 0 Å². The Kier molecular flexibility index (Phi) is 3.18. The van der Waals surface area contributed by atoms with Gasteiger partial charge in [0.05, 0.1) is 5.69 Å². The maximum absolute atomic E-state index is 11.9. The second-order valence-corrected chi connectivity index (χ2v) is 4.33. The lowest BCUT2D eigenvalue weighted by Gasteiger charge is -2.32. The van der Waals surface area contributed by atoms with Crippen LogP contribution in [0.2, 0.25) is 0 Å². The predicted octanol–water partition coefficient (Wildman–Crippen LogP) is 1.78. The molecule has 0 spiro atoms. The standard InChI is InChI=1S/C15H12N2O3/c18-13-14(11-7-3-1-4-8-11)20-17(16-15(13)19)12-9-5-2-6-10-12/h1-10,14H,(H,16,19). The van der Waals surface area contributed by atoms with E-state index in [0.29, 0.717) is 11.3 Å². The zero-order valence-corrected chi connectivity index (χ0v) is 10.5. The van der Waals surface area contributed by atoms with Gasteiger partial charge in [-0.2, -0.15) is 5.17 Å². The molecule has 0 radical (unpaired) electrons. The summed E-state index contributed by atoms with van der Waals surface area (Å²) in [4.78, 5) is 29.3. The predicted molar refractivity (Wildman–Crippen MR) is 72.3 cm³/mol. The number of hydrazine groups is 1. The summed E-state index contributed by atoms with van der Waals surface area (Å²) in [5, 5.41) is 1.22. The molecule has 20 heavy (non-hydrogen) atoms. The number of benzene rings is 2. The minimum Gasteiger partial charge on any atom is -0.285 e. The van der Waals surface area contributed by atoms with Crippen molar-refractivity contribution >= 4 is 17.4 Å². The highest BCUT2D eigenvalue weighted by molar-refractivity contribution is 6.38. The van der Waals surface area contributed by atoms with Gasteiger partial charge >= 0.3 is 5.91 Å². The van der Waals surface area contributed by atoms with E-state index in [0.717, 1.165) is 0 Å². The highest BCUT2D eigenvalue weighted by atomic mass is 16.7. The molecule has 5 heteroatoms. The van der Waals surface area contributed by atoms with Gasteiger partial charge in [0, 0.05) is 0 Å². The number of rotatable bonds is 2. The number of hydrogen-bond acceptors (Lipinski definition) is 4. The van der Waals surface area contributed by atoms with Crippen molar-refractivity contribution < 1.29 is 14.4 Å². The van der Waals surface area contributed by atoms with E-state index in [4.69, 9.17) is 4.84 Å². The molecular weight excluding hydrogens is 256 g/mol. The van der Waals surface area contributed by atoms with E-state index < -0.39 is 17.8 Å². The SMILES string of the molecule is O=C1NN(c2ccccc2)OC(c2ccccc2)C1=O. The number of Topliss-reactive ketones (excluding diaryl/α,β-unsaturated/α-hetero) is 1. The molecule has 1 unspecified atom stereocenters. The summed E-state index contributed by atoms with van der Waals surface area (Å²) in [6.07, 6.45) is -0.926. The Morgan fingerprint density at radius 2 is 1.50 bits per heavy atom. The van der Waals surface area contributed by atoms with Gasteiger partial charge < -0.3 is 0 Å². The summed E-state index contributed by atoms with van der Waals surface area (Å²) < 4.78 is 0. The number of anilines is 1. The number of amides is 1. The fraction of sp³-hybridized carbons (Fsp3) is 0.0667. The molecule has 1 atom stereocenters. The molecule has 1 amide bonds. The second kappa shape index (κ2) is 5.14. The number of para-hydroxylation sites is 1. The van der Waals surface area contributed by atoms with Crippen LogP contribution in [0.3, 0.4) is 0 Å². The van der Waals surface area contributed by atoms with Gasteiger partial charge in [0.2, 0.25) is 0 Å². The zero-order chi connectivity index (χ0) is 13.9.